The summed E-state index contributed by atoms with van der Waals surface area (Å²) in [6.45, 7) is 0. The highest BCUT2D eigenvalue weighted by atomic mass is 16.3. The normalized spacial score (nSPS) is 11.4. The third-order valence-corrected chi connectivity index (χ3v) is 3.86. The average molecular weight is 325 g/mol. The highest BCUT2D eigenvalue weighted by Crippen LogP contribution is 2.24. The molecule has 4 rings (SSSR count). The van der Waals surface area contributed by atoms with E-state index in [0.717, 1.165) is 22.5 Å². The molecule has 0 aliphatic heterocycles. The molecule has 0 amide bonds. The van der Waals surface area contributed by atoms with Crippen LogP contribution in [-0.2, 0) is 0 Å². The Bertz CT molecular complexity index is 963. The molecule has 120 valence electrons. The van der Waals surface area contributed by atoms with E-state index in [1.165, 1.54) is 0 Å². The van der Waals surface area contributed by atoms with Gasteiger partial charge in [0.25, 0.3) is 5.55 Å². The molecule has 0 N–H and O–H groups in total. The molecule has 4 aromatic rings. The zero-order valence-corrected chi connectivity index (χ0v) is 13.6. The quantitative estimate of drug-likeness (QED) is 0.517. The van der Waals surface area contributed by atoms with Crippen molar-refractivity contribution in [1.29, 1.82) is 0 Å². The van der Waals surface area contributed by atoms with Crippen LogP contribution in [0.3, 0.4) is 0 Å². The Hall–Kier alpha value is -3.46. The second-order valence-electron chi connectivity index (χ2n) is 5.64. The first-order valence-corrected chi connectivity index (χ1v) is 8.16. The summed E-state index contributed by atoms with van der Waals surface area (Å²) >= 11 is 0. The van der Waals surface area contributed by atoms with Crippen LogP contribution in [0.5, 0.6) is 0 Å². The maximum atomic E-state index is 6.04. The van der Waals surface area contributed by atoms with Gasteiger partial charge in [0.1, 0.15) is 5.76 Å². The molecule has 0 atom stereocenters. The number of rotatable bonds is 3. The van der Waals surface area contributed by atoms with Crippen LogP contribution >= 0.6 is 0 Å². The topological polar surface area (TPSA) is 29.4 Å². The summed E-state index contributed by atoms with van der Waals surface area (Å²) in [6, 6.07) is 30.2. The summed E-state index contributed by atoms with van der Waals surface area (Å²) in [5, 5.41) is 4.56. The van der Waals surface area contributed by atoms with Crippen molar-refractivity contribution in [2.75, 3.05) is 0 Å². The number of benzene rings is 2. The Labute approximate surface area is 146 Å². The van der Waals surface area contributed by atoms with E-state index in [-0.39, 0.29) is 0 Å². The molecule has 0 aliphatic carbocycles. The molecule has 0 aliphatic rings. The van der Waals surface area contributed by atoms with Crippen LogP contribution in [0.25, 0.3) is 22.5 Å². The van der Waals surface area contributed by atoms with Gasteiger partial charge in [-0.1, -0.05) is 71.4 Å². The molecule has 3 nitrogen and oxygen atoms in total. The molecule has 2 aromatic carbocycles. The number of pyridine rings is 1. The van der Waals surface area contributed by atoms with Gasteiger partial charge in [0.05, 0.1) is 0 Å². The van der Waals surface area contributed by atoms with Crippen LogP contribution in [0.4, 0.5) is 0 Å². The lowest BCUT2D eigenvalue weighted by atomic mass is 10.0. The fourth-order valence-electron chi connectivity index (χ4n) is 2.65. The summed E-state index contributed by atoms with van der Waals surface area (Å²) < 4.78 is 7.78. The van der Waals surface area contributed by atoms with Crippen molar-refractivity contribution < 1.29 is 9.09 Å². The zero-order valence-electron chi connectivity index (χ0n) is 13.6. The summed E-state index contributed by atoms with van der Waals surface area (Å²) in [6.07, 6.45) is 3.76. The maximum Gasteiger partial charge on any atom is 0.285 e. The second kappa shape index (κ2) is 6.97. The van der Waals surface area contributed by atoms with Crippen LogP contribution in [0.15, 0.2) is 113 Å². The third kappa shape index (κ3) is 3.56. The first-order valence-electron chi connectivity index (χ1n) is 8.16. The summed E-state index contributed by atoms with van der Waals surface area (Å²) in [4.78, 5) is 0. The molecule has 0 saturated heterocycles. The molecule has 0 unspecified atom stereocenters. The molecule has 0 spiro atoms. The maximum absolute atomic E-state index is 6.04. The van der Waals surface area contributed by atoms with E-state index < -0.39 is 0 Å². The Kier molecular flexibility index (Phi) is 4.21. The van der Waals surface area contributed by atoms with E-state index in [2.05, 4.69) is 23.3 Å². The Morgan fingerprint density at radius 3 is 1.88 bits per heavy atom. The molecule has 3 heteroatoms. The monoisotopic (exact) mass is 325 g/mol. The van der Waals surface area contributed by atoms with Gasteiger partial charge in [0, 0.05) is 28.9 Å². The molecular formula is C22H17N2O+. The fourth-order valence-corrected chi connectivity index (χ4v) is 2.65. The highest BCUT2D eigenvalue weighted by Gasteiger charge is 2.07. The predicted octanol–water partition coefficient (Wildman–Crippen LogP) is 4.27. The van der Waals surface area contributed by atoms with Crippen molar-refractivity contribution in [2.45, 2.75) is 0 Å². The number of hydrogen-bond acceptors (Lipinski definition) is 2. The second-order valence-corrected chi connectivity index (χ2v) is 5.64. The first-order chi connectivity index (χ1) is 12.4. The van der Waals surface area contributed by atoms with Crippen LogP contribution in [0, 0.1) is 0 Å². The average Bonchev–Trinajstić information content (AvgIpc) is 2.70. The molecule has 0 saturated carbocycles. The van der Waals surface area contributed by atoms with E-state index >= 15 is 0 Å². The van der Waals surface area contributed by atoms with Crippen LogP contribution in [0.1, 0.15) is 0 Å². The zero-order chi connectivity index (χ0) is 16.9. The van der Waals surface area contributed by atoms with Gasteiger partial charge in [0.2, 0.25) is 12.4 Å². The van der Waals surface area contributed by atoms with Gasteiger partial charge in [-0.2, -0.15) is 0 Å². The minimum atomic E-state index is 0.552. The number of aromatic nitrogens is 1. The lowest BCUT2D eigenvalue weighted by Crippen LogP contribution is -2.29. The molecule has 0 radical (unpaired) electrons. The number of nitrogens with zero attached hydrogens (tertiary/aromatic N) is 2. The van der Waals surface area contributed by atoms with E-state index in [0.29, 0.717) is 5.55 Å². The third-order valence-electron chi connectivity index (χ3n) is 3.86. The van der Waals surface area contributed by atoms with Gasteiger partial charge in [-0.15, -0.1) is 0 Å². The van der Waals surface area contributed by atoms with Crippen molar-refractivity contribution in [1.82, 2.24) is 0 Å². The van der Waals surface area contributed by atoms with Crippen molar-refractivity contribution in [3.63, 3.8) is 0 Å². The van der Waals surface area contributed by atoms with Gasteiger partial charge in [0.15, 0.2) is 0 Å². The highest BCUT2D eigenvalue weighted by molar-refractivity contribution is 5.68. The molecule has 25 heavy (non-hydrogen) atoms. The van der Waals surface area contributed by atoms with Crippen molar-refractivity contribution in [3.8, 4) is 22.5 Å². The summed E-state index contributed by atoms with van der Waals surface area (Å²) in [7, 11) is 0. The first kappa shape index (κ1) is 15.1. The van der Waals surface area contributed by atoms with Crippen LogP contribution in [0.2, 0.25) is 0 Å². The Morgan fingerprint density at radius 2 is 1.20 bits per heavy atom. The van der Waals surface area contributed by atoms with E-state index in [1.54, 1.807) is 4.68 Å². The molecule has 0 fully saturated rings. The largest absolute Gasteiger partial charge is 0.434 e. The Morgan fingerprint density at radius 1 is 0.600 bits per heavy atom. The molecule has 2 aromatic heterocycles. The van der Waals surface area contributed by atoms with Crippen LogP contribution in [-0.4, -0.2) is 0 Å². The molecular weight excluding hydrogens is 308 g/mol. The Balaban J connectivity index is 1.91. The predicted molar refractivity (Wildman–Crippen MR) is 97.2 cm³/mol. The molecule has 0 bridgehead atoms. The van der Waals surface area contributed by atoms with Crippen LogP contribution < -0.4 is 10.2 Å². The number of hydrogen-bond donors (Lipinski definition) is 0. The van der Waals surface area contributed by atoms with E-state index in [4.69, 9.17) is 4.42 Å². The van der Waals surface area contributed by atoms with Gasteiger partial charge in [-0.05, 0) is 17.2 Å². The molecule has 2 heterocycles. The smallest absolute Gasteiger partial charge is 0.285 e. The van der Waals surface area contributed by atoms with Crippen molar-refractivity contribution >= 4 is 0 Å². The fraction of sp³-hybridized carbons (Fsp3) is 0. The lowest BCUT2D eigenvalue weighted by Gasteiger charge is -2.05. The van der Waals surface area contributed by atoms with Gasteiger partial charge < -0.3 is 4.42 Å². The van der Waals surface area contributed by atoms with Gasteiger partial charge in [-0.25, -0.2) is 0 Å². The van der Waals surface area contributed by atoms with Gasteiger partial charge >= 0.3 is 0 Å². The van der Waals surface area contributed by atoms with E-state index in [1.807, 2.05) is 85.2 Å². The minimum absolute atomic E-state index is 0.552. The minimum Gasteiger partial charge on any atom is -0.434 e. The lowest BCUT2D eigenvalue weighted by molar-refractivity contribution is -0.684. The van der Waals surface area contributed by atoms with Gasteiger partial charge in [-0.3, -0.25) is 0 Å². The standard InChI is InChI=1S/C22H17N2O/c1-4-10-18(11-5-1)20-16-21(19-12-6-2-7-13-19)25-22(17-20)23-24-14-8-3-9-15-24/h1-17H/q+1/b23-22+. The van der Waals surface area contributed by atoms with Crippen molar-refractivity contribution in [2.24, 2.45) is 5.10 Å². The summed E-state index contributed by atoms with van der Waals surface area (Å²) in [5.41, 5.74) is 3.78. The summed E-state index contributed by atoms with van der Waals surface area (Å²) in [5.74, 6) is 0.789. The SMILES string of the molecule is c1ccc(-c2cc(-c3ccccc3)o/c(=N/[n+]3ccccc3)c2)cc1. The van der Waals surface area contributed by atoms with Crippen molar-refractivity contribution in [3.05, 3.63) is 109 Å². The van der Waals surface area contributed by atoms with E-state index in [9.17, 15) is 0 Å².